The highest BCUT2D eigenvalue weighted by atomic mass is 16.5. The van der Waals surface area contributed by atoms with Crippen molar-refractivity contribution < 1.29 is 19.4 Å². The van der Waals surface area contributed by atoms with Crippen LogP contribution in [0, 0.1) is 0 Å². The number of carbonyl (C=O) groups is 2. The zero-order valence-electron chi connectivity index (χ0n) is 7.79. The third-order valence-corrected chi connectivity index (χ3v) is 0.699. The molecule has 0 aromatic rings. The third-order valence-electron chi connectivity index (χ3n) is 0.699. The Kier molecular flexibility index (Phi) is 11.5. The van der Waals surface area contributed by atoms with Gasteiger partial charge < -0.3 is 9.84 Å². The van der Waals surface area contributed by atoms with Gasteiger partial charge in [0, 0.05) is 6.61 Å². The first kappa shape index (κ1) is 13.7. The second kappa shape index (κ2) is 10.1. The van der Waals surface area contributed by atoms with Gasteiger partial charge in [-0.15, -0.1) is 0 Å². The van der Waals surface area contributed by atoms with Gasteiger partial charge in [-0.05, 0) is 20.8 Å². The lowest BCUT2D eigenvalue weighted by Gasteiger charge is -1.96. The Morgan fingerprint density at radius 2 is 1.75 bits per heavy atom. The minimum absolute atomic E-state index is 0.103. The van der Waals surface area contributed by atoms with E-state index < -0.39 is 5.97 Å². The highest BCUT2D eigenvalue weighted by Crippen LogP contribution is 1.86. The maximum absolute atomic E-state index is 10.4. The van der Waals surface area contributed by atoms with E-state index in [2.05, 4.69) is 4.74 Å². The molecule has 0 atom stereocenters. The summed E-state index contributed by atoms with van der Waals surface area (Å²) in [5.41, 5.74) is 0. The summed E-state index contributed by atoms with van der Waals surface area (Å²) in [5, 5.41) is 7.57. The van der Waals surface area contributed by atoms with Crippen LogP contribution in [-0.2, 0) is 14.3 Å². The molecule has 0 bridgehead atoms. The Morgan fingerprint density at radius 3 is 2.00 bits per heavy atom. The number of aliphatic hydroxyl groups excluding tert-OH is 1. The van der Waals surface area contributed by atoms with E-state index in [0.717, 1.165) is 0 Å². The van der Waals surface area contributed by atoms with Crippen molar-refractivity contribution in [3.05, 3.63) is 0 Å². The van der Waals surface area contributed by atoms with Crippen LogP contribution in [0.5, 0.6) is 0 Å². The lowest BCUT2D eigenvalue weighted by molar-refractivity contribution is -0.145. The van der Waals surface area contributed by atoms with Crippen molar-refractivity contribution in [1.82, 2.24) is 0 Å². The van der Waals surface area contributed by atoms with Crippen LogP contribution in [0.4, 0.5) is 0 Å². The van der Waals surface area contributed by atoms with Crippen LogP contribution in [0.3, 0.4) is 0 Å². The molecule has 0 fully saturated rings. The van der Waals surface area contributed by atoms with Crippen molar-refractivity contribution >= 4 is 11.8 Å². The summed E-state index contributed by atoms with van der Waals surface area (Å²) >= 11 is 0. The van der Waals surface area contributed by atoms with Crippen molar-refractivity contribution in [3.63, 3.8) is 0 Å². The van der Waals surface area contributed by atoms with E-state index in [-0.39, 0.29) is 18.8 Å². The molecule has 12 heavy (non-hydrogen) atoms. The summed E-state index contributed by atoms with van der Waals surface area (Å²) in [7, 11) is 0. The molecule has 0 aromatic heterocycles. The lowest BCUT2D eigenvalue weighted by Crippen LogP contribution is -2.07. The molecule has 72 valence electrons. The molecule has 0 aliphatic carbocycles. The van der Waals surface area contributed by atoms with E-state index in [1.165, 1.54) is 6.92 Å². The molecule has 0 saturated heterocycles. The topological polar surface area (TPSA) is 63.6 Å². The van der Waals surface area contributed by atoms with Crippen molar-refractivity contribution in [1.29, 1.82) is 0 Å². The van der Waals surface area contributed by atoms with Gasteiger partial charge in [0.15, 0.2) is 0 Å². The molecule has 0 unspecified atom stereocenters. The Bertz CT molecular complexity index is 131. The fraction of sp³-hybridized carbons (Fsp3) is 0.750. The highest BCUT2D eigenvalue weighted by Gasteiger charge is 2.03. The Labute approximate surface area is 72.5 Å². The average Bonchev–Trinajstić information content (AvgIpc) is 1.87. The molecule has 0 amide bonds. The van der Waals surface area contributed by atoms with E-state index in [1.807, 2.05) is 0 Å². The number of rotatable bonds is 3. The van der Waals surface area contributed by atoms with E-state index in [0.29, 0.717) is 6.61 Å². The fourth-order valence-corrected chi connectivity index (χ4v) is 0.415. The molecule has 4 nitrogen and oxygen atoms in total. The molecule has 1 N–H and O–H groups in total. The van der Waals surface area contributed by atoms with Gasteiger partial charge in [0.1, 0.15) is 12.2 Å². The minimum Gasteiger partial charge on any atom is -0.466 e. The average molecular weight is 176 g/mol. The Balaban J connectivity index is 0. The summed E-state index contributed by atoms with van der Waals surface area (Å²) in [4.78, 5) is 20.6. The number of ketones is 1. The number of hydrogen-bond donors (Lipinski definition) is 1. The van der Waals surface area contributed by atoms with Crippen LogP contribution in [0.15, 0.2) is 0 Å². The number of aliphatic hydroxyl groups is 1. The molecule has 0 aliphatic heterocycles. The van der Waals surface area contributed by atoms with Crippen LogP contribution in [-0.4, -0.2) is 30.1 Å². The third kappa shape index (κ3) is 16.0. The monoisotopic (exact) mass is 176 g/mol. The van der Waals surface area contributed by atoms with Crippen molar-refractivity contribution in [3.8, 4) is 0 Å². The summed E-state index contributed by atoms with van der Waals surface area (Å²) in [6.45, 7) is 5.33. The minimum atomic E-state index is -0.440. The molecule has 0 rings (SSSR count). The molecule has 0 aromatic carbocycles. The molecule has 0 heterocycles. The van der Waals surface area contributed by atoms with Gasteiger partial charge >= 0.3 is 5.97 Å². The van der Waals surface area contributed by atoms with Gasteiger partial charge in [0.2, 0.25) is 0 Å². The molecule has 4 heteroatoms. The highest BCUT2D eigenvalue weighted by molar-refractivity contribution is 5.94. The zero-order chi connectivity index (χ0) is 9.98. The molecular weight excluding hydrogens is 160 g/mol. The molecule has 0 saturated carbocycles. The second-order valence-electron chi connectivity index (χ2n) is 2.00. The fourth-order valence-electron chi connectivity index (χ4n) is 0.415. The first-order valence-corrected chi connectivity index (χ1v) is 3.84. The SMILES string of the molecule is CCO.CCOC(=O)CC(C)=O. The Hall–Kier alpha value is -0.900. The van der Waals surface area contributed by atoms with Crippen LogP contribution in [0.2, 0.25) is 0 Å². The van der Waals surface area contributed by atoms with E-state index in [9.17, 15) is 9.59 Å². The van der Waals surface area contributed by atoms with Crippen LogP contribution in [0.25, 0.3) is 0 Å². The predicted molar refractivity (Wildman–Crippen MR) is 44.7 cm³/mol. The number of hydrogen-bond acceptors (Lipinski definition) is 4. The van der Waals surface area contributed by atoms with E-state index >= 15 is 0 Å². The maximum Gasteiger partial charge on any atom is 0.313 e. The van der Waals surface area contributed by atoms with Crippen LogP contribution >= 0.6 is 0 Å². The predicted octanol–water partition coefficient (Wildman–Crippen LogP) is 0.527. The second-order valence-corrected chi connectivity index (χ2v) is 2.00. The van der Waals surface area contributed by atoms with Gasteiger partial charge in [-0.2, -0.15) is 0 Å². The quantitative estimate of drug-likeness (QED) is 0.503. The van der Waals surface area contributed by atoms with Crippen molar-refractivity contribution in [2.75, 3.05) is 13.2 Å². The first-order valence-electron chi connectivity index (χ1n) is 3.84. The maximum atomic E-state index is 10.4. The van der Waals surface area contributed by atoms with Gasteiger partial charge in [0.25, 0.3) is 0 Å². The standard InChI is InChI=1S/C6H10O3.C2H6O/c1-3-9-6(8)4-5(2)7;1-2-3/h3-4H2,1-2H3;3H,2H2,1H3. The number of ether oxygens (including phenoxy) is 1. The lowest BCUT2D eigenvalue weighted by atomic mass is 10.3. The largest absolute Gasteiger partial charge is 0.466 e. The van der Waals surface area contributed by atoms with Gasteiger partial charge in [-0.3, -0.25) is 9.59 Å². The molecular formula is C8H16O4. The van der Waals surface area contributed by atoms with Gasteiger partial charge in [-0.1, -0.05) is 0 Å². The summed E-state index contributed by atoms with van der Waals surface area (Å²) in [6.07, 6.45) is -0.103. The van der Waals surface area contributed by atoms with Gasteiger partial charge in [-0.25, -0.2) is 0 Å². The van der Waals surface area contributed by atoms with Crippen LogP contribution in [0.1, 0.15) is 27.2 Å². The van der Waals surface area contributed by atoms with E-state index in [4.69, 9.17) is 5.11 Å². The normalized spacial score (nSPS) is 8.00. The smallest absolute Gasteiger partial charge is 0.313 e. The van der Waals surface area contributed by atoms with E-state index in [1.54, 1.807) is 13.8 Å². The van der Waals surface area contributed by atoms with Crippen molar-refractivity contribution in [2.45, 2.75) is 27.2 Å². The number of esters is 1. The number of Topliss-reactive ketones (excluding diaryl/α,β-unsaturated/α-hetero) is 1. The number of carbonyl (C=O) groups excluding carboxylic acids is 2. The summed E-state index contributed by atoms with van der Waals surface area (Å²) < 4.78 is 4.49. The van der Waals surface area contributed by atoms with Crippen LogP contribution < -0.4 is 0 Å². The first-order chi connectivity index (χ1) is 5.58. The Morgan fingerprint density at radius 1 is 1.33 bits per heavy atom. The molecule has 0 aliphatic rings. The molecule has 0 radical (unpaired) electrons. The summed E-state index contributed by atoms with van der Waals surface area (Å²) in [5.74, 6) is -0.599. The van der Waals surface area contributed by atoms with Crippen molar-refractivity contribution in [2.24, 2.45) is 0 Å². The van der Waals surface area contributed by atoms with Gasteiger partial charge in [0.05, 0.1) is 6.61 Å². The summed E-state index contributed by atoms with van der Waals surface area (Å²) in [6, 6.07) is 0. The zero-order valence-corrected chi connectivity index (χ0v) is 7.79. The molecule has 0 spiro atoms.